The Hall–Kier alpha value is -2.67. The third-order valence-corrected chi connectivity index (χ3v) is 6.03. The molecular weight excluding hydrogens is 354 g/mol. The lowest BCUT2D eigenvalue weighted by Crippen LogP contribution is -2.16. The van der Waals surface area contributed by atoms with Crippen molar-refractivity contribution in [3.05, 3.63) is 64.7 Å². The molecule has 0 aromatic heterocycles. The molecule has 0 heterocycles. The second-order valence-corrected chi connectivity index (χ2v) is 8.96. The van der Waals surface area contributed by atoms with Crippen molar-refractivity contribution >= 4 is 27.4 Å². The number of aryl methyl sites for hydroxylation is 1. The molecule has 1 amide bonds. The molecule has 0 saturated heterocycles. The van der Waals surface area contributed by atoms with Crippen LogP contribution in [0.3, 0.4) is 0 Å². The van der Waals surface area contributed by atoms with Gasteiger partial charge in [-0.3, -0.25) is 4.79 Å². The van der Waals surface area contributed by atoms with E-state index in [1.807, 2.05) is 0 Å². The van der Waals surface area contributed by atoms with E-state index < -0.39 is 27.0 Å². The summed E-state index contributed by atoms with van der Waals surface area (Å²) in [4.78, 5) is 23.6. The SMILES string of the molecule is Cc1cc(C(=O)O)cc(C(=O)Nc2cccc(CS(=O)(=O)C(C)C)c2)c1. The maximum Gasteiger partial charge on any atom is 0.335 e. The van der Waals surface area contributed by atoms with Crippen molar-refractivity contribution in [2.24, 2.45) is 0 Å². The number of anilines is 1. The average molecular weight is 375 g/mol. The van der Waals surface area contributed by atoms with E-state index >= 15 is 0 Å². The van der Waals surface area contributed by atoms with Crippen LogP contribution in [0.5, 0.6) is 0 Å². The third kappa shape index (κ3) is 4.92. The highest BCUT2D eigenvalue weighted by Crippen LogP contribution is 2.17. The number of rotatable bonds is 6. The zero-order chi connectivity index (χ0) is 19.5. The molecule has 0 radical (unpaired) electrons. The molecule has 6 nitrogen and oxygen atoms in total. The summed E-state index contributed by atoms with van der Waals surface area (Å²) in [6.45, 7) is 4.96. The van der Waals surface area contributed by atoms with Gasteiger partial charge in [-0.2, -0.15) is 0 Å². The molecule has 0 bridgehead atoms. The summed E-state index contributed by atoms with van der Waals surface area (Å²) in [5.74, 6) is -1.68. The predicted molar refractivity (Wildman–Crippen MR) is 100 cm³/mol. The first-order valence-electron chi connectivity index (χ1n) is 8.05. The summed E-state index contributed by atoms with van der Waals surface area (Å²) in [5, 5.41) is 11.3. The molecule has 7 heteroatoms. The minimum atomic E-state index is -3.25. The summed E-state index contributed by atoms with van der Waals surface area (Å²) in [7, 11) is -3.25. The molecule has 0 saturated carbocycles. The van der Waals surface area contributed by atoms with Crippen LogP contribution in [-0.2, 0) is 15.6 Å². The Balaban J connectivity index is 2.23. The molecule has 0 aliphatic rings. The van der Waals surface area contributed by atoms with Gasteiger partial charge in [-0.1, -0.05) is 12.1 Å². The van der Waals surface area contributed by atoms with Crippen LogP contribution in [0.2, 0.25) is 0 Å². The molecule has 0 unspecified atom stereocenters. The van der Waals surface area contributed by atoms with Crippen LogP contribution >= 0.6 is 0 Å². The maximum atomic E-state index is 12.4. The monoisotopic (exact) mass is 375 g/mol. The second kappa shape index (κ2) is 7.70. The number of benzene rings is 2. The van der Waals surface area contributed by atoms with E-state index in [1.165, 1.54) is 12.1 Å². The van der Waals surface area contributed by atoms with E-state index in [2.05, 4.69) is 5.32 Å². The van der Waals surface area contributed by atoms with Crippen LogP contribution in [0.15, 0.2) is 42.5 Å². The van der Waals surface area contributed by atoms with E-state index in [9.17, 15) is 18.0 Å². The van der Waals surface area contributed by atoms with Crippen molar-refractivity contribution in [3.8, 4) is 0 Å². The molecule has 0 aliphatic carbocycles. The van der Waals surface area contributed by atoms with E-state index in [0.717, 1.165) is 0 Å². The van der Waals surface area contributed by atoms with E-state index in [0.29, 0.717) is 16.8 Å². The van der Waals surface area contributed by atoms with Crippen LogP contribution in [0, 0.1) is 6.92 Å². The lowest BCUT2D eigenvalue weighted by Gasteiger charge is -2.10. The highest BCUT2D eigenvalue weighted by molar-refractivity contribution is 7.91. The number of sulfone groups is 1. The van der Waals surface area contributed by atoms with Crippen molar-refractivity contribution in [1.29, 1.82) is 0 Å². The van der Waals surface area contributed by atoms with Crippen LogP contribution in [0.25, 0.3) is 0 Å². The smallest absolute Gasteiger partial charge is 0.335 e. The molecule has 0 fully saturated rings. The summed E-state index contributed by atoms with van der Waals surface area (Å²) in [5.41, 5.74) is 1.94. The summed E-state index contributed by atoms with van der Waals surface area (Å²) in [6.07, 6.45) is 0. The highest BCUT2D eigenvalue weighted by Gasteiger charge is 2.17. The number of hydrogen-bond donors (Lipinski definition) is 2. The zero-order valence-electron chi connectivity index (χ0n) is 14.8. The highest BCUT2D eigenvalue weighted by atomic mass is 32.2. The Labute approximate surface area is 152 Å². The van der Waals surface area contributed by atoms with Crippen LogP contribution in [0.4, 0.5) is 5.69 Å². The van der Waals surface area contributed by atoms with Crippen LogP contribution in [-0.4, -0.2) is 30.7 Å². The summed E-state index contributed by atoms with van der Waals surface area (Å²) >= 11 is 0. The van der Waals surface area contributed by atoms with Crippen molar-refractivity contribution in [1.82, 2.24) is 0 Å². The quantitative estimate of drug-likeness (QED) is 0.807. The van der Waals surface area contributed by atoms with Crippen molar-refractivity contribution in [3.63, 3.8) is 0 Å². The van der Waals surface area contributed by atoms with Crippen LogP contribution < -0.4 is 5.32 Å². The summed E-state index contributed by atoms with van der Waals surface area (Å²) < 4.78 is 24.1. The molecule has 2 aromatic rings. The Morgan fingerprint density at radius 2 is 1.73 bits per heavy atom. The molecule has 2 rings (SSSR count). The van der Waals surface area contributed by atoms with Gasteiger partial charge >= 0.3 is 5.97 Å². The van der Waals surface area contributed by atoms with E-state index in [4.69, 9.17) is 5.11 Å². The lowest BCUT2D eigenvalue weighted by molar-refractivity contribution is 0.0696. The first-order valence-corrected chi connectivity index (χ1v) is 9.77. The van der Waals surface area contributed by atoms with Crippen molar-refractivity contribution in [2.45, 2.75) is 31.8 Å². The number of carbonyl (C=O) groups is 2. The molecule has 26 heavy (non-hydrogen) atoms. The Bertz CT molecular complexity index is 948. The number of carbonyl (C=O) groups excluding carboxylic acids is 1. The number of hydrogen-bond acceptors (Lipinski definition) is 4. The maximum absolute atomic E-state index is 12.4. The normalized spacial score (nSPS) is 11.4. The largest absolute Gasteiger partial charge is 0.478 e. The molecule has 0 aliphatic heterocycles. The fourth-order valence-electron chi connectivity index (χ4n) is 2.38. The van der Waals surface area contributed by atoms with E-state index in [1.54, 1.807) is 51.1 Å². The lowest BCUT2D eigenvalue weighted by atomic mass is 10.1. The first kappa shape index (κ1) is 19.7. The number of amides is 1. The second-order valence-electron chi connectivity index (χ2n) is 6.40. The van der Waals surface area contributed by atoms with Crippen molar-refractivity contribution in [2.75, 3.05) is 5.32 Å². The predicted octanol–water partition coefficient (Wildman–Crippen LogP) is 3.27. The van der Waals surface area contributed by atoms with Gasteiger partial charge in [0.2, 0.25) is 0 Å². The van der Waals surface area contributed by atoms with Gasteiger partial charge in [-0.15, -0.1) is 0 Å². The minimum Gasteiger partial charge on any atom is -0.478 e. The van der Waals surface area contributed by atoms with Gasteiger partial charge in [0.25, 0.3) is 5.91 Å². The standard InChI is InChI=1S/C19H21NO5S/c1-12(2)26(24,25)11-14-5-4-6-17(9-14)20-18(21)15-7-13(3)8-16(10-15)19(22)23/h4-10,12H,11H2,1-3H3,(H,20,21)(H,22,23). The zero-order valence-corrected chi connectivity index (χ0v) is 15.6. The topological polar surface area (TPSA) is 101 Å². The van der Waals surface area contributed by atoms with Gasteiger partial charge < -0.3 is 10.4 Å². The molecule has 0 atom stereocenters. The number of carboxylic acid groups (broad SMARTS) is 1. The minimum absolute atomic E-state index is 0.0342. The fourth-order valence-corrected chi connectivity index (χ4v) is 3.36. The van der Waals surface area contributed by atoms with Gasteiger partial charge in [0, 0.05) is 11.3 Å². The van der Waals surface area contributed by atoms with Gasteiger partial charge in [0.1, 0.15) is 0 Å². The van der Waals surface area contributed by atoms with Gasteiger partial charge in [0.15, 0.2) is 9.84 Å². The van der Waals surface area contributed by atoms with Crippen LogP contribution in [0.1, 0.15) is 45.7 Å². The molecule has 2 N–H and O–H groups in total. The Morgan fingerprint density at radius 1 is 1.08 bits per heavy atom. The van der Waals surface area contributed by atoms with Gasteiger partial charge in [0.05, 0.1) is 16.6 Å². The summed E-state index contributed by atoms with van der Waals surface area (Å²) in [6, 6.07) is 11.0. The Morgan fingerprint density at radius 3 is 2.35 bits per heavy atom. The van der Waals surface area contributed by atoms with Gasteiger partial charge in [-0.05, 0) is 62.2 Å². The van der Waals surface area contributed by atoms with E-state index in [-0.39, 0.29) is 16.9 Å². The van der Waals surface area contributed by atoms with Crippen molar-refractivity contribution < 1.29 is 23.1 Å². The number of aromatic carboxylic acids is 1. The van der Waals surface area contributed by atoms with Gasteiger partial charge in [-0.25, -0.2) is 13.2 Å². The molecule has 138 valence electrons. The first-order chi connectivity index (χ1) is 12.1. The average Bonchev–Trinajstić information content (AvgIpc) is 2.53. The molecule has 2 aromatic carbocycles. The number of carboxylic acids is 1. The third-order valence-electron chi connectivity index (χ3n) is 3.86. The fraction of sp³-hybridized carbons (Fsp3) is 0.263. The molecular formula is C19H21NO5S. The number of nitrogens with one attached hydrogen (secondary N) is 1. The molecule has 0 spiro atoms. The Kier molecular flexibility index (Phi) is 5.82.